The zero-order chi connectivity index (χ0) is 13.1. The Morgan fingerprint density at radius 1 is 1.28 bits per heavy atom. The van der Waals surface area contributed by atoms with Gasteiger partial charge in [-0.05, 0) is 31.9 Å². The first-order valence-corrected chi connectivity index (χ1v) is 5.71. The Morgan fingerprint density at radius 3 is 2.50 bits per heavy atom. The quantitative estimate of drug-likeness (QED) is 0.899. The van der Waals surface area contributed by atoms with Crippen molar-refractivity contribution in [3.8, 4) is 0 Å². The van der Waals surface area contributed by atoms with E-state index in [1.54, 1.807) is 6.92 Å². The Kier molecular flexibility index (Phi) is 3.41. The van der Waals surface area contributed by atoms with Crippen LogP contribution in [-0.4, -0.2) is 16.0 Å². The van der Waals surface area contributed by atoms with E-state index in [4.69, 9.17) is 4.52 Å². The molecule has 0 unspecified atom stereocenters. The number of rotatable bonds is 3. The van der Waals surface area contributed by atoms with Crippen molar-refractivity contribution in [1.29, 1.82) is 0 Å². The predicted molar refractivity (Wildman–Crippen MR) is 67.3 cm³/mol. The molecule has 1 amide bonds. The van der Waals surface area contributed by atoms with Crippen molar-refractivity contribution in [3.05, 3.63) is 41.0 Å². The summed E-state index contributed by atoms with van der Waals surface area (Å²) in [5, 5.41) is 6.52. The average Bonchev–Trinajstić information content (AvgIpc) is 2.69. The van der Waals surface area contributed by atoms with Crippen molar-refractivity contribution in [2.24, 2.45) is 0 Å². The van der Waals surface area contributed by atoms with Gasteiger partial charge >= 0.3 is 0 Å². The van der Waals surface area contributed by atoms with E-state index in [-0.39, 0.29) is 12.3 Å². The van der Waals surface area contributed by atoms with Gasteiger partial charge in [-0.15, -0.1) is 0 Å². The molecule has 0 aliphatic carbocycles. The number of aromatic nitrogens is 2. The molecule has 5 nitrogen and oxygen atoms in total. The minimum absolute atomic E-state index is 0.0919. The number of hydrogen-bond acceptors (Lipinski definition) is 4. The van der Waals surface area contributed by atoms with Crippen LogP contribution in [0.25, 0.3) is 0 Å². The van der Waals surface area contributed by atoms with Crippen molar-refractivity contribution < 1.29 is 9.32 Å². The first-order valence-electron chi connectivity index (χ1n) is 5.71. The highest BCUT2D eigenvalue weighted by Crippen LogP contribution is 2.19. The minimum Gasteiger partial charge on any atom is -0.339 e. The fourth-order valence-electron chi connectivity index (χ4n) is 1.74. The minimum atomic E-state index is -0.156. The van der Waals surface area contributed by atoms with Gasteiger partial charge in [-0.25, -0.2) is 0 Å². The van der Waals surface area contributed by atoms with Crippen molar-refractivity contribution in [1.82, 2.24) is 10.1 Å². The second-order valence-electron chi connectivity index (χ2n) is 4.23. The van der Waals surface area contributed by atoms with E-state index in [1.165, 1.54) is 0 Å². The Balaban J connectivity index is 2.08. The number of nitrogens with zero attached hydrogens (tertiary/aromatic N) is 2. The maximum Gasteiger partial charge on any atom is 0.236 e. The highest BCUT2D eigenvalue weighted by molar-refractivity contribution is 5.93. The number of nitrogens with one attached hydrogen (secondary N) is 1. The summed E-state index contributed by atoms with van der Waals surface area (Å²) in [5.41, 5.74) is 2.91. The molecule has 0 radical (unpaired) electrons. The molecular formula is C13H15N3O2. The summed E-state index contributed by atoms with van der Waals surface area (Å²) in [6.07, 6.45) is 0.0919. The molecule has 1 N–H and O–H groups in total. The van der Waals surface area contributed by atoms with Gasteiger partial charge in [0.1, 0.15) is 6.42 Å². The molecule has 0 saturated carbocycles. The van der Waals surface area contributed by atoms with Crippen molar-refractivity contribution in [3.63, 3.8) is 0 Å². The molecule has 0 aliphatic rings. The second-order valence-corrected chi connectivity index (χ2v) is 4.23. The molecule has 0 aliphatic heterocycles. The van der Waals surface area contributed by atoms with Gasteiger partial charge < -0.3 is 9.84 Å². The normalized spacial score (nSPS) is 10.4. The Morgan fingerprint density at radius 2 is 1.94 bits per heavy atom. The molecule has 18 heavy (non-hydrogen) atoms. The van der Waals surface area contributed by atoms with Gasteiger partial charge in [0.25, 0.3) is 0 Å². The Bertz CT molecular complexity index is 555. The van der Waals surface area contributed by atoms with E-state index in [0.717, 1.165) is 16.8 Å². The van der Waals surface area contributed by atoms with Gasteiger partial charge in [-0.3, -0.25) is 4.79 Å². The summed E-state index contributed by atoms with van der Waals surface area (Å²) in [6.45, 7) is 5.63. The third kappa shape index (κ3) is 2.74. The molecule has 2 rings (SSSR count). The third-order valence-corrected chi connectivity index (χ3v) is 2.63. The number of hydrogen-bond donors (Lipinski definition) is 1. The number of carbonyl (C=O) groups excluding carboxylic acids is 1. The number of anilines is 1. The number of aryl methyl sites for hydroxylation is 3. The summed E-state index contributed by atoms with van der Waals surface area (Å²) >= 11 is 0. The summed E-state index contributed by atoms with van der Waals surface area (Å²) in [5.74, 6) is 0.706. The molecule has 1 aromatic heterocycles. The van der Waals surface area contributed by atoms with Crippen LogP contribution in [0.3, 0.4) is 0 Å². The highest BCUT2D eigenvalue weighted by atomic mass is 16.5. The van der Waals surface area contributed by atoms with Crippen LogP contribution < -0.4 is 5.32 Å². The number of carbonyl (C=O) groups is 1. The van der Waals surface area contributed by atoms with E-state index >= 15 is 0 Å². The summed E-state index contributed by atoms with van der Waals surface area (Å²) < 4.78 is 4.91. The van der Waals surface area contributed by atoms with Crippen LogP contribution in [0.5, 0.6) is 0 Å². The first kappa shape index (κ1) is 12.3. The molecule has 0 atom stereocenters. The summed E-state index contributed by atoms with van der Waals surface area (Å²) in [6, 6.07) is 5.88. The first-order chi connectivity index (χ1) is 8.56. The molecule has 94 valence electrons. The van der Waals surface area contributed by atoms with Crippen molar-refractivity contribution in [2.75, 3.05) is 5.32 Å². The van der Waals surface area contributed by atoms with Crippen LogP contribution >= 0.6 is 0 Å². The topological polar surface area (TPSA) is 68.0 Å². The molecule has 0 bridgehead atoms. The number of amides is 1. The van der Waals surface area contributed by atoms with Gasteiger partial charge in [0.05, 0.1) is 0 Å². The fourth-order valence-corrected chi connectivity index (χ4v) is 1.74. The Hall–Kier alpha value is -2.17. The Labute approximate surface area is 105 Å². The van der Waals surface area contributed by atoms with Crippen LogP contribution in [-0.2, 0) is 11.2 Å². The van der Waals surface area contributed by atoms with Gasteiger partial charge in [0.2, 0.25) is 11.8 Å². The second kappa shape index (κ2) is 5.00. The summed E-state index contributed by atoms with van der Waals surface area (Å²) in [7, 11) is 0. The predicted octanol–water partition coefficient (Wildman–Crippen LogP) is 2.18. The number of benzene rings is 1. The van der Waals surface area contributed by atoms with Gasteiger partial charge in [-0.1, -0.05) is 23.4 Å². The van der Waals surface area contributed by atoms with Crippen LogP contribution in [0.15, 0.2) is 22.7 Å². The van der Waals surface area contributed by atoms with E-state index in [1.807, 2.05) is 32.0 Å². The van der Waals surface area contributed by atoms with Crippen LogP contribution in [0.2, 0.25) is 0 Å². The van der Waals surface area contributed by atoms with Crippen LogP contribution in [0, 0.1) is 20.8 Å². The van der Waals surface area contributed by atoms with E-state index in [0.29, 0.717) is 11.7 Å². The molecule has 0 saturated heterocycles. The monoisotopic (exact) mass is 245 g/mol. The third-order valence-electron chi connectivity index (χ3n) is 2.63. The lowest BCUT2D eigenvalue weighted by atomic mass is 10.1. The molecule has 0 fully saturated rings. The van der Waals surface area contributed by atoms with Crippen LogP contribution in [0.4, 0.5) is 5.69 Å². The van der Waals surface area contributed by atoms with Crippen LogP contribution in [0.1, 0.15) is 22.8 Å². The van der Waals surface area contributed by atoms with Crippen molar-refractivity contribution in [2.45, 2.75) is 27.2 Å². The lowest BCUT2D eigenvalue weighted by molar-refractivity contribution is -0.115. The average molecular weight is 245 g/mol. The van der Waals surface area contributed by atoms with E-state index < -0.39 is 0 Å². The lowest BCUT2D eigenvalue weighted by Gasteiger charge is -2.10. The molecule has 5 heteroatoms. The zero-order valence-corrected chi connectivity index (χ0v) is 10.7. The molecule has 0 spiro atoms. The maximum atomic E-state index is 11.9. The molecule has 2 aromatic rings. The van der Waals surface area contributed by atoms with Gasteiger partial charge in [0.15, 0.2) is 5.82 Å². The lowest BCUT2D eigenvalue weighted by Crippen LogP contribution is -2.16. The van der Waals surface area contributed by atoms with E-state index in [9.17, 15) is 4.79 Å². The molecule has 1 heterocycles. The smallest absolute Gasteiger partial charge is 0.236 e. The largest absolute Gasteiger partial charge is 0.339 e. The molecule has 1 aromatic carbocycles. The number of para-hydroxylation sites is 1. The highest BCUT2D eigenvalue weighted by Gasteiger charge is 2.11. The standard InChI is InChI=1S/C13H15N3O2/c1-8-5-4-6-9(2)13(8)15-11(17)7-12-14-10(3)16-18-12/h4-6H,7H2,1-3H3,(H,15,17). The fraction of sp³-hybridized carbons (Fsp3) is 0.308. The van der Waals surface area contributed by atoms with Gasteiger partial charge in [-0.2, -0.15) is 4.98 Å². The maximum absolute atomic E-state index is 11.9. The van der Waals surface area contributed by atoms with E-state index in [2.05, 4.69) is 15.5 Å². The van der Waals surface area contributed by atoms with Crippen molar-refractivity contribution >= 4 is 11.6 Å². The van der Waals surface area contributed by atoms with Gasteiger partial charge in [0, 0.05) is 5.69 Å². The summed E-state index contributed by atoms with van der Waals surface area (Å²) in [4.78, 5) is 15.9. The zero-order valence-electron chi connectivity index (χ0n) is 10.7. The SMILES string of the molecule is Cc1noc(CC(=O)Nc2c(C)cccc2C)n1. The molecular weight excluding hydrogens is 230 g/mol.